The summed E-state index contributed by atoms with van der Waals surface area (Å²) in [5.74, 6) is 0.992. The van der Waals surface area contributed by atoms with Crippen LogP contribution in [0.2, 0.25) is 0 Å². The summed E-state index contributed by atoms with van der Waals surface area (Å²) in [6.45, 7) is 11.0. The number of benzene rings is 1. The van der Waals surface area contributed by atoms with E-state index in [1.807, 2.05) is 57.6 Å². The largest absolute Gasteiger partial charge is 0.489 e. The van der Waals surface area contributed by atoms with Crippen LogP contribution in [-0.4, -0.2) is 71.3 Å². The molecule has 2 fully saturated rings. The van der Waals surface area contributed by atoms with Crippen molar-refractivity contribution in [3.8, 4) is 17.0 Å². The molecule has 0 saturated carbocycles. The Morgan fingerprint density at radius 2 is 1.95 bits per heavy atom. The van der Waals surface area contributed by atoms with Gasteiger partial charge < -0.3 is 24.6 Å². The third kappa shape index (κ3) is 5.79. The van der Waals surface area contributed by atoms with Crippen molar-refractivity contribution in [2.24, 2.45) is 5.92 Å². The first-order valence-electron chi connectivity index (χ1n) is 12.7. The van der Waals surface area contributed by atoms with E-state index in [2.05, 4.69) is 21.3 Å². The molecule has 2 amide bonds. The number of carbonyl (C=O) groups excluding carboxylic acids is 2. The predicted molar refractivity (Wildman–Crippen MR) is 144 cm³/mol. The average Bonchev–Trinajstić information content (AvgIpc) is 3.52. The molecule has 2 aliphatic heterocycles. The highest BCUT2D eigenvalue weighted by atomic mass is 32.1. The van der Waals surface area contributed by atoms with E-state index in [1.165, 1.54) is 0 Å². The van der Waals surface area contributed by atoms with Crippen LogP contribution in [0.25, 0.3) is 21.5 Å². The first-order chi connectivity index (χ1) is 17.7. The Bertz CT molecular complexity index is 1280. The number of amides is 2. The van der Waals surface area contributed by atoms with E-state index in [-0.39, 0.29) is 24.0 Å². The summed E-state index contributed by atoms with van der Waals surface area (Å²) >= 11 is 1.55. The first kappa shape index (κ1) is 25.3. The Kier molecular flexibility index (Phi) is 6.94. The van der Waals surface area contributed by atoms with Crippen LogP contribution in [0.4, 0.5) is 10.5 Å². The number of aromatic nitrogens is 2. The standard InChI is InChI=1S/C27H33N5O4S/c1-17(19-13-24(33)29-14-19)35-23-12-18(11-22-25(23)37-16-30-22)21-6-5-20(15-28-21)31-7-9-32(10-8-31)26(34)36-27(2,3)4/h5-6,11-12,15-17,19H,7-10,13-14H2,1-4H3,(H,29,33)/t17-,19-/m1/s1. The van der Waals surface area contributed by atoms with Crippen molar-refractivity contribution in [1.82, 2.24) is 20.2 Å². The average molecular weight is 524 g/mol. The van der Waals surface area contributed by atoms with Gasteiger partial charge in [-0.1, -0.05) is 0 Å². The molecule has 9 nitrogen and oxygen atoms in total. The highest BCUT2D eigenvalue weighted by Crippen LogP contribution is 2.36. The van der Waals surface area contributed by atoms with Crippen LogP contribution in [0.5, 0.6) is 5.75 Å². The molecule has 0 bridgehead atoms. The van der Waals surface area contributed by atoms with Gasteiger partial charge in [0.1, 0.15) is 17.5 Å². The summed E-state index contributed by atoms with van der Waals surface area (Å²) in [7, 11) is 0. The van der Waals surface area contributed by atoms with Crippen LogP contribution in [0, 0.1) is 5.92 Å². The zero-order chi connectivity index (χ0) is 26.2. The normalized spacial score (nSPS) is 19.1. The summed E-state index contributed by atoms with van der Waals surface area (Å²) in [4.78, 5) is 37.2. The number of rotatable bonds is 5. The van der Waals surface area contributed by atoms with E-state index < -0.39 is 5.60 Å². The molecule has 0 aliphatic carbocycles. The van der Waals surface area contributed by atoms with Gasteiger partial charge in [0.2, 0.25) is 5.91 Å². The molecule has 0 unspecified atom stereocenters. The van der Waals surface area contributed by atoms with E-state index >= 15 is 0 Å². The van der Waals surface area contributed by atoms with Gasteiger partial charge in [-0.05, 0) is 52.0 Å². The third-order valence-electron chi connectivity index (χ3n) is 6.72. The van der Waals surface area contributed by atoms with Crippen LogP contribution < -0.4 is 15.0 Å². The fraction of sp³-hybridized carbons (Fsp3) is 0.481. The number of pyridine rings is 1. The van der Waals surface area contributed by atoms with Crippen LogP contribution in [0.3, 0.4) is 0 Å². The Hall–Kier alpha value is -3.40. The van der Waals surface area contributed by atoms with Crippen molar-refractivity contribution in [2.45, 2.75) is 45.8 Å². The molecule has 37 heavy (non-hydrogen) atoms. The Morgan fingerprint density at radius 1 is 1.16 bits per heavy atom. The van der Waals surface area contributed by atoms with E-state index in [1.54, 1.807) is 16.2 Å². The van der Waals surface area contributed by atoms with Gasteiger partial charge in [-0.25, -0.2) is 9.78 Å². The van der Waals surface area contributed by atoms with Gasteiger partial charge in [-0.3, -0.25) is 9.78 Å². The molecule has 2 aliphatic rings. The van der Waals surface area contributed by atoms with Gasteiger partial charge in [0.25, 0.3) is 0 Å². The number of hydrogen-bond acceptors (Lipinski definition) is 8. The van der Waals surface area contributed by atoms with Gasteiger partial charge in [0, 0.05) is 50.6 Å². The lowest BCUT2D eigenvalue weighted by Gasteiger charge is -2.36. The van der Waals surface area contributed by atoms with Crippen LogP contribution in [-0.2, 0) is 9.53 Å². The maximum Gasteiger partial charge on any atom is 0.410 e. The quantitative estimate of drug-likeness (QED) is 0.532. The fourth-order valence-corrected chi connectivity index (χ4v) is 5.37. The van der Waals surface area contributed by atoms with E-state index in [0.717, 1.165) is 46.0 Å². The van der Waals surface area contributed by atoms with Crippen molar-refractivity contribution in [1.29, 1.82) is 0 Å². The molecule has 5 rings (SSSR count). The van der Waals surface area contributed by atoms with Crippen LogP contribution >= 0.6 is 11.3 Å². The monoisotopic (exact) mass is 523 g/mol. The van der Waals surface area contributed by atoms with Crippen LogP contribution in [0.1, 0.15) is 34.1 Å². The number of nitrogens with zero attached hydrogens (tertiary/aromatic N) is 4. The van der Waals surface area contributed by atoms with Crippen molar-refractivity contribution in [3.05, 3.63) is 36.0 Å². The molecule has 2 saturated heterocycles. The molecule has 3 aromatic rings. The number of fused-ring (bicyclic) bond motifs is 1. The Morgan fingerprint density at radius 3 is 2.59 bits per heavy atom. The molecule has 2 aromatic heterocycles. The second-order valence-corrected chi connectivity index (χ2v) is 11.5. The molecule has 2 atom stereocenters. The maximum absolute atomic E-state index is 12.4. The lowest BCUT2D eigenvalue weighted by molar-refractivity contribution is -0.119. The van der Waals surface area contributed by atoms with Crippen LogP contribution in [0.15, 0.2) is 36.0 Å². The molecule has 0 spiro atoms. The number of piperazine rings is 1. The lowest BCUT2D eigenvalue weighted by atomic mass is 10.0. The van der Waals surface area contributed by atoms with E-state index in [9.17, 15) is 9.59 Å². The van der Waals surface area contributed by atoms with Gasteiger partial charge in [0.15, 0.2) is 0 Å². The summed E-state index contributed by atoms with van der Waals surface area (Å²) in [6, 6.07) is 8.13. The summed E-state index contributed by atoms with van der Waals surface area (Å²) < 4.78 is 12.8. The molecule has 1 aromatic carbocycles. The molecular weight excluding hydrogens is 490 g/mol. The first-order valence-corrected chi connectivity index (χ1v) is 13.5. The minimum absolute atomic E-state index is 0.0766. The zero-order valence-corrected chi connectivity index (χ0v) is 22.5. The minimum atomic E-state index is -0.495. The molecule has 4 heterocycles. The number of hydrogen-bond donors (Lipinski definition) is 1. The summed E-state index contributed by atoms with van der Waals surface area (Å²) in [6.07, 6.45) is 2.00. The van der Waals surface area contributed by atoms with Crippen molar-refractivity contribution < 1.29 is 19.1 Å². The number of anilines is 1. The van der Waals surface area contributed by atoms with Gasteiger partial charge in [-0.2, -0.15) is 0 Å². The molecule has 1 N–H and O–H groups in total. The summed E-state index contributed by atoms with van der Waals surface area (Å²) in [5, 5.41) is 2.89. The SMILES string of the molecule is C[C@@H](Oc1cc(-c2ccc(N3CCN(C(=O)OC(C)(C)C)CC3)cn2)cc2ncsc12)[C@H]1CNC(=O)C1. The highest BCUT2D eigenvalue weighted by molar-refractivity contribution is 7.17. The number of thiazole rings is 1. The van der Waals surface area contributed by atoms with Gasteiger partial charge in [-0.15, -0.1) is 11.3 Å². The summed E-state index contributed by atoms with van der Waals surface area (Å²) in [5.41, 5.74) is 4.98. The molecule has 0 radical (unpaired) electrons. The second kappa shape index (κ2) is 10.2. The smallest absolute Gasteiger partial charge is 0.410 e. The predicted octanol–water partition coefficient (Wildman–Crippen LogP) is 4.32. The van der Waals surface area contributed by atoms with Crippen molar-refractivity contribution >= 4 is 39.2 Å². The zero-order valence-electron chi connectivity index (χ0n) is 21.7. The van der Waals surface area contributed by atoms with Crippen molar-refractivity contribution in [3.63, 3.8) is 0 Å². The molecule has 196 valence electrons. The fourth-order valence-electron chi connectivity index (χ4n) is 4.65. The van der Waals surface area contributed by atoms with Gasteiger partial charge >= 0.3 is 6.09 Å². The number of ether oxygens (including phenoxy) is 2. The van der Waals surface area contributed by atoms with Crippen molar-refractivity contribution in [2.75, 3.05) is 37.6 Å². The Labute approximate surface area is 220 Å². The van der Waals surface area contributed by atoms with E-state index in [4.69, 9.17) is 14.5 Å². The van der Waals surface area contributed by atoms with Gasteiger partial charge in [0.05, 0.1) is 33.3 Å². The highest BCUT2D eigenvalue weighted by Gasteiger charge is 2.29. The number of carbonyl (C=O) groups is 2. The topological polar surface area (TPSA) is 96.9 Å². The number of nitrogens with one attached hydrogen (secondary N) is 1. The molecule has 10 heteroatoms. The lowest BCUT2D eigenvalue weighted by Crippen LogP contribution is -2.50. The Balaban J connectivity index is 1.28. The molecular formula is C27H33N5O4S. The third-order valence-corrected chi connectivity index (χ3v) is 7.58. The minimum Gasteiger partial charge on any atom is -0.489 e. The van der Waals surface area contributed by atoms with E-state index in [0.29, 0.717) is 26.1 Å². The second-order valence-electron chi connectivity index (χ2n) is 10.6. The maximum atomic E-state index is 12.4.